The Morgan fingerprint density at radius 3 is 2.66 bits per heavy atom. The van der Waals surface area contributed by atoms with Crippen molar-refractivity contribution in [3.05, 3.63) is 105 Å². The van der Waals surface area contributed by atoms with Gasteiger partial charge in [0.05, 0.1) is 6.04 Å². The van der Waals surface area contributed by atoms with Crippen molar-refractivity contribution < 1.29 is 19.8 Å². The predicted molar refractivity (Wildman–Crippen MR) is 134 cm³/mol. The SMILES string of the molecule is O=C(O)CNC(=O)c1c(O)c2c(n(C(c3ccccc3)c3cccc4c3CC=CN4)c1=O)CSC2. The zero-order valence-electron chi connectivity index (χ0n) is 18.7. The molecule has 4 N–H and O–H groups in total. The third kappa shape index (κ3) is 4.08. The summed E-state index contributed by atoms with van der Waals surface area (Å²) in [7, 11) is 0. The van der Waals surface area contributed by atoms with Gasteiger partial charge < -0.3 is 20.8 Å². The Morgan fingerprint density at radius 1 is 1.09 bits per heavy atom. The minimum absolute atomic E-state index is 0.374. The second-order valence-corrected chi connectivity index (χ2v) is 9.32. The molecule has 0 radical (unpaired) electrons. The maximum absolute atomic E-state index is 13.9. The summed E-state index contributed by atoms with van der Waals surface area (Å²) >= 11 is 1.55. The van der Waals surface area contributed by atoms with Gasteiger partial charge in [0.25, 0.3) is 11.5 Å². The number of pyridine rings is 1. The fourth-order valence-corrected chi connectivity index (χ4v) is 5.83. The van der Waals surface area contributed by atoms with E-state index in [0.717, 1.165) is 22.4 Å². The van der Waals surface area contributed by atoms with Crippen LogP contribution < -0.4 is 16.2 Å². The van der Waals surface area contributed by atoms with Crippen LogP contribution in [-0.2, 0) is 22.7 Å². The minimum atomic E-state index is -1.24. The number of carboxylic acid groups (broad SMARTS) is 1. The first-order valence-electron chi connectivity index (χ1n) is 11.1. The largest absolute Gasteiger partial charge is 0.507 e. The fraction of sp³-hybridized carbons (Fsp3) is 0.192. The second kappa shape index (κ2) is 9.34. The van der Waals surface area contributed by atoms with Crippen LogP contribution in [0.3, 0.4) is 0 Å². The van der Waals surface area contributed by atoms with Crippen molar-refractivity contribution >= 4 is 29.3 Å². The van der Waals surface area contributed by atoms with E-state index in [9.17, 15) is 19.5 Å². The Kier molecular flexibility index (Phi) is 6.08. The molecule has 1 aromatic heterocycles. The molecule has 1 unspecified atom stereocenters. The van der Waals surface area contributed by atoms with Crippen LogP contribution in [0.4, 0.5) is 5.69 Å². The number of aromatic nitrogens is 1. The Balaban J connectivity index is 1.78. The number of carbonyl (C=O) groups is 2. The lowest BCUT2D eigenvalue weighted by atomic mass is 9.90. The number of thioether (sulfide) groups is 1. The summed E-state index contributed by atoms with van der Waals surface area (Å²) in [6, 6.07) is 14.9. The average molecular weight is 490 g/mol. The number of amides is 1. The zero-order valence-corrected chi connectivity index (χ0v) is 19.5. The van der Waals surface area contributed by atoms with Crippen molar-refractivity contribution in [1.29, 1.82) is 0 Å². The number of nitrogens with zero attached hydrogens (tertiary/aromatic N) is 1. The number of rotatable bonds is 6. The van der Waals surface area contributed by atoms with Crippen LogP contribution in [0.2, 0.25) is 0 Å². The maximum atomic E-state index is 13.9. The summed E-state index contributed by atoms with van der Waals surface area (Å²) < 4.78 is 1.61. The topological polar surface area (TPSA) is 121 Å². The van der Waals surface area contributed by atoms with Crippen LogP contribution in [0, 0.1) is 0 Å². The molecule has 0 saturated carbocycles. The van der Waals surface area contributed by atoms with Gasteiger partial charge in [-0.05, 0) is 35.4 Å². The lowest BCUT2D eigenvalue weighted by molar-refractivity contribution is -0.135. The molecule has 2 aromatic carbocycles. The summed E-state index contributed by atoms with van der Waals surface area (Å²) in [4.78, 5) is 37.8. The molecule has 9 heteroatoms. The highest BCUT2D eigenvalue weighted by atomic mass is 32.2. The van der Waals surface area contributed by atoms with Gasteiger partial charge in [0.2, 0.25) is 0 Å². The highest BCUT2D eigenvalue weighted by Gasteiger charge is 2.33. The number of carbonyl (C=O) groups excluding carboxylic acids is 1. The summed E-state index contributed by atoms with van der Waals surface area (Å²) in [6.07, 6.45) is 4.58. The normalized spacial score (nSPS) is 14.5. The highest BCUT2D eigenvalue weighted by molar-refractivity contribution is 7.98. The average Bonchev–Trinajstić information content (AvgIpc) is 3.36. The molecule has 2 aliphatic rings. The quantitative estimate of drug-likeness (QED) is 0.420. The molecule has 35 heavy (non-hydrogen) atoms. The first-order chi connectivity index (χ1) is 17.0. The number of benzene rings is 2. The number of aromatic hydroxyl groups is 1. The highest BCUT2D eigenvalue weighted by Crippen LogP contribution is 2.41. The van der Waals surface area contributed by atoms with Crippen LogP contribution in [0.1, 0.15) is 44.3 Å². The number of aliphatic carboxylic acids is 1. The van der Waals surface area contributed by atoms with Crippen molar-refractivity contribution in [2.24, 2.45) is 0 Å². The molecule has 178 valence electrons. The van der Waals surface area contributed by atoms with Gasteiger partial charge in [0, 0.05) is 28.5 Å². The van der Waals surface area contributed by atoms with E-state index in [4.69, 9.17) is 5.11 Å². The summed E-state index contributed by atoms with van der Waals surface area (Å²) in [6.45, 7) is -0.657. The van der Waals surface area contributed by atoms with Crippen molar-refractivity contribution in [2.75, 3.05) is 11.9 Å². The Morgan fingerprint density at radius 2 is 1.89 bits per heavy atom. The van der Waals surface area contributed by atoms with E-state index in [-0.39, 0.29) is 5.75 Å². The van der Waals surface area contributed by atoms with Crippen LogP contribution in [0.15, 0.2) is 65.6 Å². The van der Waals surface area contributed by atoms with E-state index in [0.29, 0.717) is 29.2 Å². The molecule has 2 aliphatic heterocycles. The van der Waals surface area contributed by atoms with Crippen LogP contribution >= 0.6 is 11.8 Å². The third-order valence-electron chi connectivity index (χ3n) is 6.27. The monoisotopic (exact) mass is 489 g/mol. The standard InChI is InChI=1S/C26H23N3O5S/c30-21(31)12-28-25(33)22-24(32)18-13-35-14-20(18)29(26(22)34)23(15-6-2-1-3-7-15)17-8-4-10-19-16(17)9-5-11-27-19/h1-8,10-11,23,27,32H,9,12-14H2,(H,28,33)(H,30,31). The van der Waals surface area contributed by atoms with E-state index in [1.54, 1.807) is 16.3 Å². The van der Waals surface area contributed by atoms with Crippen molar-refractivity contribution in [3.63, 3.8) is 0 Å². The van der Waals surface area contributed by atoms with E-state index in [2.05, 4.69) is 10.6 Å². The number of fused-ring (bicyclic) bond motifs is 2. The van der Waals surface area contributed by atoms with Gasteiger partial charge in [0.15, 0.2) is 0 Å². The Labute approximate surface area is 205 Å². The molecule has 0 bridgehead atoms. The molecule has 0 spiro atoms. The molecule has 0 saturated heterocycles. The van der Waals surface area contributed by atoms with Crippen molar-refractivity contribution in [3.8, 4) is 5.75 Å². The van der Waals surface area contributed by atoms with Gasteiger partial charge in [-0.15, -0.1) is 0 Å². The van der Waals surface area contributed by atoms with Gasteiger partial charge in [0.1, 0.15) is 17.9 Å². The second-order valence-electron chi connectivity index (χ2n) is 8.33. The molecule has 0 fully saturated rings. The summed E-state index contributed by atoms with van der Waals surface area (Å²) in [5.74, 6) is -1.57. The summed E-state index contributed by atoms with van der Waals surface area (Å²) in [5.41, 5.74) is 3.86. The minimum Gasteiger partial charge on any atom is -0.507 e. The van der Waals surface area contributed by atoms with Gasteiger partial charge >= 0.3 is 5.97 Å². The lowest BCUT2D eigenvalue weighted by Crippen LogP contribution is -2.38. The van der Waals surface area contributed by atoms with E-state index >= 15 is 0 Å². The molecular formula is C26H23N3O5S. The number of hydrogen-bond acceptors (Lipinski definition) is 6. The molecule has 3 heterocycles. The van der Waals surface area contributed by atoms with Crippen LogP contribution in [0.5, 0.6) is 5.75 Å². The van der Waals surface area contributed by atoms with E-state index in [1.165, 1.54) is 0 Å². The molecule has 1 amide bonds. The maximum Gasteiger partial charge on any atom is 0.322 e. The zero-order chi connectivity index (χ0) is 24.5. The smallest absolute Gasteiger partial charge is 0.322 e. The number of nitrogens with one attached hydrogen (secondary N) is 2. The molecule has 3 aromatic rings. The molecular weight excluding hydrogens is 466 g/mol. The van der Waals surface area contributed by atoms with Crippen molar-refractivity contribution in [1.82, 2.24) is 9.88 Å². The summed E-state index contributed by atoms with van der Waals surface area (Å²) in [5, 5.41) is 25.4. The first kappa shape index (κ1) is 22.8. The number of anilines is 1. The molecule has 8 nitrogen and oxygen atoms in total. The van der Waals surface area contributed by atoms with Gasteiger partial charge in [-0.25, -0.2) is 0 Å². The third-order valence-corrected chi connectivity index (χ3v) is 7.24. The van der Waals surface area contributed by atoms with Crippen LogP contribution in [0.25, 0.3) is 0 Å². The number of hydrogen-bond donors (Lipinski definition) is 4. The Hall–Kier alpha value is -3.98. The fourth-order valence-electron chi connectivity index (χ4n) is 4.71. The number of allylic oxidation sites excluding steroid dienone is 1. The molecule has 1 atom stereocenters. The first-order valence-corrected chi connectivity index (χ1v) is 12.3. The lowest BCUT2D eigenvalue weighted by Gasteiger charge is -2.28. The number of carboxylic acids is 1. The van der Waals surface area contributed by atoms with Gasteiger partial charge in [-0.2, -0.15) is 11.8 Å². The predicted octanol–water partition coefficient (Wildman–Crippen LogP) is 3.23. The van der Waals surface area contributed by atoms with Gasteiger partial charge in [-0.3, -0.25) is 19.0 Å². The van der Waals surface area contributed by atoms with Crippen molar-refractivity contribution in [2.45, 2.75) is 24.0 Å². The van der Waals surface area contributed by atoms with E-state index < -0.39 is 35.6 Å². The van der Waals surface area contributed by atoms with E-state index in [1.807, 2.05) is 60.8 Å². The van der Waals surface area contributed by atoms with Gasteiger partial charge in [-0.1, -0.05) is 48.5 Å². The molecule has 5 rings (SSSR count). The molecule has 0 aliphatic carbocycles. The van der Waals surface area contributed by atoms with Crippen LogP contribution in [-0.4, -0.2) is 33.2 Å². The Bertz CT molecular complexity index is 1410.